The van der Waals surface area contributed by atoms with Gasteiger partial charge in [-0.3, -0.25) is 9.59 Å². The summed E-state index contributed by atoms with van der Waals surface area (Å²) in [6, 6.07) is -2.91. The fraction of sp³-hybridized carbons (Fsp3) is 0.500. The maximum atomic E-state index is 11.7. The van der Waals surface area contributed by atoms with Gasteiger partial charge in [0, 0.05) is 12.8 Å². The van der Waals surface area contributed by atoms with E-state index in [1.807, 2.05) is 0 Å². The lowest BCUT2D eigenvalue weighted by Crippen LogP contribution is -2.31. The first kappa shape index (κ1) is 19.8. The van der Waals surface area contributed by atoms with E-state index in [9.17, 15) is 28.8 Å². The molecule has 0 aromatic carbocycles. The third-order valence-corrected chi connectivity index (χ3v) is 2.49. The molecular weight excluding hydrogens is 312 g/mol. The number of aliphatic imine (C=N–C) groups is 2. The average molecular weight is 326 g/mol. The lowest BCUT2D eigenvalue weighted by Gasteiger charge is -2.11. The van der Waals surface area contributed by atoms with Crippen molar-refractivity contribution < 1.29 is 33.5 Å². The van der Waals surface area contributed by atoms with Gasteiger partial charge in [0.2, 0.25) is 24.0 Å². The molecule has 0 unspecified atom stereocenters. The number of nitrogens with zero attached hydrogens (tertiary/aromatic N) is 2. The second-order valence-corrected chi connectivity index (χ2v) is 4.22. The molecule has 0 saturated heterocycles. The Morgan fingerprint density at radius 3 is 1.43 bits per heavy atom. The number of hydrogen-bond donors (Lipinski definition) is 2. The minimum Gasteiger partial charge on any atom is -0.390 e. The van der Waals surface area contributed by atoms with Gasteiger partial charge in [-0.05, 0) is 12.8 Å². The number of carbonyl (C=O) groups excluding carboxylic acids is 6. The van der Waals surface area contributed by atoms with Gasteiger partial charge in [0.15, 0.2) is 12.1 Å². The van der Waals surface area contributed by atoms with Crippen molar-refractivity contribution in [2.45, 2.75) is 37.8 Å². The van der Waals surface area contributed by atoms with Gasteiger partial charge in [0.25, 0.3) is 0 Å². The molecule has 23 heavy (non-hydrogen) atoms. The Kier molecular flexibility index (Phi) is 9.10. The largest absolute Gasteiger partial charge is 0.390 e. The van der Waals surface area contributed by atoms with Crippen molar-refractivity contribution in [2.75, 3.05) is 0 Å². The molecular formula is C12H14N4O7. The lowest BCUT2D eigenvalue weighted by molar-refractivity contribution is -0.161. The van der Waals surface area contributed by atoms with E-state index in [1.165, 1.54) is 0 Å². The van der Waals surface area contributed by atoms with E-state index in [1.54, 1.807) is 0 Å². The van der Waals surface area contributed by atoms with Crippen molar-refractivity contribution in [1.82, 2.24) is 0 Å². The molecule has 0 aliphatic heterocycles. The quantitative estimate of drug-likeness (QED) is 0.201. The maximum absolute atomic E-state index is 11.7. The number of amides is 2. The van der Waals surface area contributed by atoms with Crippen LogP contribution in [0, 0.1) is 0 Å². The molecule has 11 nitrogen and oxygen atoms in total. The van der Waals surface area contributed by atoms with Crippen LogP contribution in [-0.4, -0.2) is 48.0 Å². The van der Waals surface area contributed by atoms with Crippen LogP contribution in [0.5, 0.6) is 0 Å². The van der Waals surface area contributed by atoms with E-state index in [-0.39, 0.29) is 25.7 Å². The van der Waals surface area contributed by atoms with Gasteiger partial charge in [0.05, 0.1) is 0 Å². The van der Waals surface area contributed by atoms with Crippen LogP contribution in [0.25, 0.3) is 0 Å². The van der Waals surface area contributed by atoms with E-state index in [4.69, 9.17) is 11.5 Å². The second kappa shape index (κ2) is 10.6. The lowest BCUT2D eigenvalue weighted by atomic mass is 10.1. The van der Waals surface area contributed by atoms with E-state index in [0.29, 0.717) is 0 Å². The minimum absolute atomic E-state index is 0.264. The number of esters is 2. The van der Waals surface area contributed by atoms with Crippen LogP contribution in [0.1, 0.15) is 25.7 Å². The Hall–Kier alpha value is -3.16. The molecule has 0 rings (SSSR count). The van der Waals surface area contributed by atoms with Gasteiger partial charge in [-0.25, -0.2) is 19.2 Å². The topological polar surface area (TPSA) is 188 Å². The van der Waals surface area contributed by atoms with Gasteiger partial charge >= 0.3 is 11.9 Å². The molecule has 2 atom stereocenters. The zero-order chi connectivity index (χ0) is 17.8. The Bertz CT molecular complexity index is 526. The molecule has 0 bridgehead atoms. The van der Waals surface area contributed by atoms with Crippen LogP contribution >= 0.6 is 0 Å². The molecule has 124 valence electrons. The van der Waals surface area contributed by atoms with Crippen molar-refractivity contribution in [3.63, 3.8) is 0 Å². The SMILES string of the molecule is NC(=O)CC[C@H](N=C=O)C(=O)OC(=O)[C@H](CCC(N)=O)N=C=O. The Morgan fingerprint density at radius 1 is 0.826 bits per heavy atom. The van der Waals surface area contributed by atoms with Crippen molar-refractivity contribution in [3.8, 4) is 0 Å². The van der Waals surface area contributed by atoms with Crippen LogP contribution < -0.4 is 11.5 Å². The number of ether oxygens (including phenoxy) is 1. The molecule has 0 aliphatic carbocycles. The molecule has 0 fully saturated rings. The third kappa shape index (κ3) is 8.66. The van der Waals surface area contributed by atoms with E-state index in [2.05, 4.69) is 14.7 Å². The molecule has 0 heterocycles. The second-order valence-electron chi connectivity index (χ2n) is 4.22. The predicted octanol–water partition coefficient (Wildman–Crippen LogP) is -2.00. The highest BCUT2D eigenvalue weighted by atomic mass is 16.6. The summed E-state index contributed by atoms with van der Waals surface area (Å²) in [6.45, 7) is 0. The summed E-state index contributed by atoms with van der Waals surface area (Å²) in [7, 11) is 0. The van der Waals surface area contributed by atoms with E-state index < -0.39 is 35.8 Å². The van der Waals surface area contributed by atoms with Gasteiger partial charge in [0.1, 0.15) is 0 Å². The number of primary amides is 2. The first-order valence-corrected chi connectivity index (χ1v) is 6.27. The van der Waals surface area contributed by atoms with Crippen molar-refractivity contribution in [2.24, 2.45) is 21.5 Å². The summed E-state index contributed by atoms with van der Waals surface area (Å²) in [4.78, 5) is 71.4. The highest BCUT2D eigenvalue weighted by molar-refractivity contribution is 5.92. The average Bonchev–Trinajstić information content (AvgIpc) is 2.46. The van der Waals surface area contributed by atoms with Crippen LogP contribution in [-0.2, 0) is 33.5 Å². The number of rotatable bonds is 10. The number of hydrogen-bond acceptors (Lipinski definition) is 9. The molecule has 0 aromatic rings. The van der Waals surface area contributed by atoms with Crippen molar-refractivity contribution >= 4 is 35.9 Å². The summed E-state index contributed by atoms with van der Waals surface area (Å²) in [5, 5.41) is 0. The highest BCUT2D eigenvalue weighted by Crippen LogP contribution is 2.08. The van der Waals surface area contributed by atoms with Crippen molar-refractivity contribution in [3.05, 3.63) is 0 Å². The first-order chi connectivity index (χ1) is 10.8. The Balaban J connectivity index is 4.87. The molecule has 0 aromatic heterocycles. The standard InChI is InChI=1S/C12H14N4O7/c13-9(19)3-1-7(15-5-17)11(21)23-12(22)8(16-6-18)2-4-10(14)20/h7-8H,1-4H2,(H2,13,19)(H2,14,20)/t7-,8-/m0/s1. The number of carbonyl (C=O) groups is 4. The van der Waals surface area contributed by atoms with Gasteiger partial charge in [-0.1, -0.05) is 0 Å². The molecule has 0 saturated carbocycles. The zero-order valence-electron chi connectivity index (χ0n) is 11.9. The third-order valence-electron chi connectivity index (χ3n) is 2.49. The van der Waals surface area contributed by atoms with E-state index in [0.717, 1.165) is 12.2 Å². The molecule has 0 aliphatic rings. The summed E-state index contributed by atoms with van der Waals surface area (Å²) < 4.78 is 4.42. The summed E-state index contributed by atoms with van der Waals surface area (Å²) in [5.41, 5.74) is 9.79. The summed E-state index contributed by atoms with van der Waals surface area (Å²) >= 11 is 0. The zero-order valence-corrected chi connectivity index (χ0v) is 11.9. The highest BCUT2D eigenvalue weighted by Gasteiger charge is 2.27. The smallest absolute Gasteiger partial charge is 0.339 e. The Morgan fingerprint density at radius 2 is 1.17 bits per heavy atom. The minimum atomic E-state index is -1.46. The normalized spacial score (nSPS) is 12.0. The van der Waals surface area contributed by atoms with Crippen LogP contribution in [0.2, 0.25) is 0 Å². The molecule has 0 radical (unpaired) electrons. The van der Waals surface area contributed by atoms with Crippen molar-refractivity contribution in [1.29, 1.82) is 0 Å². The predicted molar refractivity (Wildman–Crippen MR) is 71.8 cm³/mol. The summed E-state index contributed by atoms with van der Waals surface area (Å²) in [5.74, 6) is -3.99. The van der Waals surface area contributed by atoms with Crippen LogP contribution in [0.15, 0.2) is 9.98 Å². The van der Waals surface area contributed by atoms with Gasteiger partial charge in [-0.2, -0.15) is 9.98 Å². The monoisotopic (exact) mass is 326 g/mol. The van der Waals surface area contributed by atoms with Gasteiger partial charge in [-0.15, -0.1) is 0 Å². The fourth-order valence-electron chi connectivity index (χ4n) is 1.39. The van der Waals surface area contributed by atoms with Crippen LogP contribution in [0.4, 0.5) is 0 Å². The van der Waals surface area contributed by atoms with E-state index >= 15 is 0 Å². The molecule has 11 heteroatoms. The first-order valence-electron chi connectivity index (χ1n) is 6.27. The summed E-state index contributed by atoms with van der Waals surface area (Å²) in [6.07, 6.45) is 1.12. The Labute approximate surface area is 129 Å². The molecule has 4 N–H and O–H groups in total. The maximum Gasteiger partial charge on any atom is 0.339 e. The molecule has 0 spiro atoms. The fourth-order valence-corrected chi connectivity index (χ4v) is 1.39. The number of isocyanates is 2. The number of nitrogens with two attached hydrogens (primary N) is 2. The van der Waals surface area contributed by atoms with Crippen LogP contribution in [0.3, 0.4) is 0 Å². The van der Waals surface area contributed by atoms with Gasteiger partial charge < -0.3 is 16.2 Å². The molecule has 2 amide bonds.